The molecular weight excluding hydrogens is 348 g/mol. The summed E-state index contributed by atoms with van der Waals surface area (Å²) in [5, 5.41) is 0. The fourth-order valence-electron chi connectivity index (χ4n) is 7.49. The van der Waals surface area contributed by atoms with Gasteiger partial charge in [0.05, 0.1) is 0 Å². The highest BCUT2D eigenvalue weighted by molar-refractivity contribution is 9.09. The molecule has 1 saturated heterocycles. The lowest BCUT2D eigenvalue weighted by molar-refractivity contribution is -0.222. The van der Waals surface area contributed by atoms with Crippen LogP contribution < -0.4 is 0 Å². The van der Waals surface area contributed by atoms with Gasteiger partial charge in [0.1, 0.15) is 5.57 Å². The van der Waals surface area contributed by atoms with E-state index in [0.717, 1.165) is 17.4 Å². The van der Waals surface area contributed by atoms with Gasteiger partial charge in [-0.05, 0) is 59.3 Å². The van der Waals surface area contributed by atoms with Gasteiger partial charge in [-0.3, -0.25) is 0 Å². The largest absolute Gasteiger partial charge is 0.419 e. The first-order chi connectivity index (χ1) is 10.4. The van der Waals surface area contributed by atoms with E-state index in [2.05, 4.69) is 15.9 Å². The molecule has 9 unspecified atom stereocenters. The minimum atomic E-state index is -1.14. The van der Waals surface area contributed by atoms with E-state index < -0.39 is 17.7 Å². The number of alkyl halides is 1. The summed E-state index contributed by atoms with van der Waals surface area (Å²) in [5.41, 5.74) is 1.36. The summed E-state index contributed by atoms with van der Waals surface area (Å²) >= 11 is 3.93. The van der Waals surface area contributed by atoms with Crippen molar-refractivity contribution in [1.29, 1.82) is 0 Å². The zero-order valence-electron chi connectivity index (χ0n) is 12.4. The van der Waals surface area contributed by atoms with E-state index >= 15 is 0 Å². The second-order valence-electron chi connectivity index (χ2n) is 8.38. The van der Waals surface area contributed by atoms with Crippen molar-refractivity contribution >= 4 is 27.9 Å². The Morgan fingerprint density at radius 2 is 1.59 bits per heavy atom. The van der Waals surface area contributed by atoms with E-state index in [0.29, 0.717) is 40.3 Å². The molecule has 4 nitrogen and oxygen atoms in total. The average Bonchev–Trinajstić information content (AvgIpc) is 3.10. The van der Waals surface area contributed by atoms with E-state index in [1.807, 2.05) is 0 Å². The minimum Gasteiger partial charge on any atom is -0.419 e. The summed E-state index contributed by atoms with van der Waals surface area (Å²) in [6.07, 6.45) is 1.30. The van der Waals surface area contributed by atoms with Crippen LogP contribution in [0.5, 0.6) is 0 Å². The van der Waals surface area contributed by atoms with Crippen LogP contribution in [0, 0.1) is 47.3 Å². The van der Waals surface area contributed by atoms with E-state index in [1.54, 1.807) is 13.8 Å². The second-order valence-corrected chi connectivity index (χ2v) is 9.44. The fraction of sp³-hybridized carbons (Fsp3) is 0.765. The van der Waals surface area contributed by atoms with Gasteiger partial charge in [0.2, 0.25) is 0 Å². The minimum absolute atomic E-state index is 0.247. The van der Waals surface area contributed by atoms with E-state index in [-0.39, 0.29) is 5.57 Å². The third-order valence-corrected chi connectivity index (χ3v) is 8.67. The molecule has 6 saturated carbocycles. The number of cyclic esters (lactones) is 2. The molecule has 0 N–H and O–H groups in total. The van der Waals surface area contributed by atoms with Crippen LogP contribution in [-0.4, -0.2) is 22.6 Å². The molecule has 9 atom stereocenters. The summed E-state index contributed by atoms with van der Waals surface area (Å²) < 4.78 is 10.7. The number of carbonyl (C=O) groups is 2. The molecule has 1 heterocycles. The molecule has 22 heavy (non-hydrogen) atoms. The molecule has 0 spiro atoms. The van der Waals surface area contributed by atoms with Crippen LogP contribution in [0.25, 0.3) is 0 Å². The molecule has 7 aliphatic rings. The predicted molar refractivity (Wildman–Crippen MR) is 78.5 cm³/mol. The number of ether oxygens (including phenoxy) is 2. The molecule has 5 heteroatoms. The molecule has 0 radical (unpaired) electrons. The zero-order chi connectivity index (χ0) is 15.1. The van der Waals surface area contributed by atoms with Crippen molar-refractivity contribution in [3.63, 3.8) is 0 Å². The van der Waals surface area contributed by atoms with E-state index in [9.17, 15) is 9.59 Å². The van der Waals surface area contributed by atoms with Gasteiger partial charge in [-0.1, -0.05) is 15.9 Å². The topological polar surface area (TPSA) is 52.6 Å². The van der Waals surface area contributed by atoms with Crippen LogP contribution >= 0.6 is 15.9 Å². The summed E-state index contributed by atoms with van der Waals surface area (Å²) in [6.45, 7) is 3.22. The second kappa shape index (κ2) is 3.33. The van der Waals surface area contributed by atoms with Gasteiger partial charge >= 0.3 is 11.9 Å². The Bertz CT molecular complexity index is 671. The quantitative estimate of drug-likeness (QED) is 0.286. The standard InChI is InChI=1S/C17H17BrO4/c1-17(2)21-15(19)13(16(20)22-17)11-6-4-3-5-7(6)12-10(11)8(4)9(5)14(12)18/h4-10,12,14H,3H2,1-2H3. The third-order valence-electron chi connectivity index (χ3n) is 7.45. The Morgan fingerprint density at radius 3 is 2.23 bits per heavy atom. The molecule has 1 aliphatic heterocycles. The Hall–Kier alpha value is -0.840. The monoisotopic (exact) mass is 364 g/mol. The van der Waals surface area contributed by atoms with Gasteiger partial charge in [-0.15, -0.1) is 0 Å². The molecule has 0 aromatic carbocycles. The van der Waals surface area contributed by atoms with Crippen LogP contribution in [0.15, 0.2) is 11.1 Å². The highest BCUT2D eigenvalue weighted by Crippen LogP contribution is 2.85. The Kier molecular flexibility index (Phi) is 1.90. The highest BCUT2D eigenvalue weighted by Gasteiger charge is 2.82. The van der Waals surface area contributed by atoms with Gasteiger partial charge in [0, 0.05) is 18.7 Å². The smallest absolute Gasteiger partial charge is 0.348 e. The first-order valence-electron chi connectivity index (χ1n) is 8.25. The molecule has 0 aromatic heterocycles. The van der Waals surface area contributed by atoms with Crippen molar-refractivity contribution < 1.29 is 19.1 Å². The SMILES string of the molecule is CC1(C)OC(=O)C(=C2C3C4C(Br)C5C6CC(C2C64)C35)C(=O)O1. The lowest BCUT2D eigenvalue weighted by Gasteiger charge is -2.32. The lowest BCUT2D eigenvalue weighted by atomic mass is 9.71. The van der Waals surface area contributed by atoms with Gasteiger partial charge in [0.25, 0.3) is 5.79 Å². The molecule has 6 bridgehead atoms. The summed E-state index contributed by atoms with van der Waals surface area (Å²) in [4.78, 5) is 25.6. The number of halogens is 1. The zero-order valence-corrected chi connectivity index (χ0v) is 14.0. The van der Waals surface area contributed by atoms with Crippen LogP contribution in [0.1, 0.15) is 20.3 Å². The number of rotatable bonds is 0. The first-order valence-corrected chi connectivity index (χ1v) is 9.17. The van der Waals surface area contributed by atoms with Gasteiger partial charge in [-0.25, -0.2) is 9.59 Å². The summed E-state index contributed by atoms with van der Waals surface area (Å²) in [7, 11) is 0. The number of esters is 2. The van der Waals surface area contributed by atoms with Gasteiger partial charge in [0.15, 0.2) is 0 Å². The maximum atomic E-state index is 12.5. The van der Waals surface area contributed by atoms with Crippen molar-refractivity contribution in [3.05, 3.63) is 11.1 Å². The Morgan fingerprint density at radius 1 is 0.955 bits per heavy atom. The van der Waals surface area contributed by atoms with E-state index in [4.69, 9.17) is 9.47 Å². The Balaban J connectivity index is 1.54. The predicted octanol–water partition coefficient (Wildman–Crippen LogP) is 2.27. The normalized spacial score (nSPS) is 58.2. The fourth-order valence-corrected chi connectivity index (χ4v) is 8.92. The van der Waals surface area contributed by atoms with Crippen LogP contribution in [0.3, 0.4) is 0 Å². The number of hydrogen-bond acceptors (Lipinski definition) is 4. The summed E-state index contributed by atoms with van der Waals surface area (Å²) in [5.74, 6) is 3.08. The van der Waals surface area contributed by atoms with Crippen LogP contribution in [-0.2, 0) is 19.1 Å². The molecule has 7 rings (SSSR count). The number of carbonyl (C=O) groups excluding carboxylic acids is 2. The van der Waals surface area contributed by atoms with Crippen molar-refractivity contribution in [3.8, 4) is 0 Å². The number of hydrogen-bond donors (Lipinski definition) is 0. The van der Waals surface area contributed by atoms with Gasteiger partial charge < -0.3 is 9.47 Å². The van der Waals surface area contributed by atoms with Crippen molar-refractivity contribution in [2.75, 3.05) is 0 Å². The van der Waals surface area contributed by atoms with Gasteiger partial charge in [-0.2, -0.15) is 0 Å². The molecule has 7 fully saturated rings. The third kappa shape index (κ3) is 1.06. The Labute approximate surface area is 136 Å². The molecule has 116 valence electrons. The first kappa shape index (κ1) is 12.6. The van der Waals surface area contributed by atoms with E-state index in [1.165, 1.54) is 6.42 Å². The molecule has 0 amide bonds. The molecule has 6 aliphatic carbocycles. The van der Waals surface area contributed by atoms with Crippen molar-refractivity contribution in [2.24, 2.45) is 47.3 Å². The maximum Gasteiger partial charge on any atom is 0.348 e. The average molecular weight is 365 g/mol. The molecular formula is C17H17BrO4. The number of allylic oxidation sites excluding steroid dienone is 1. The van der Waals surface area contributed by atoms with Crippen molar-refractivity contribution in [2.45, 2.75) is 30.9 Å². The van der Waals surface area contributed by atoms with Crippen molar-refractivity contribution in [1.82, 2.24) is 0 Å². The summed E-state index contributed by atoms with van der Waals surface area (Å²) in [6, 6.07) is 0. The van der Waals surface area contributed by atoms with Crippen LogP contribution in [0.2, 0.25) is 0 Å². The van der Waals surface area contributed by atoms with Crippen LogP contribution in [0.4, 0.5) is 0 Å². The lowest BCUT2D eigenvalue weighted by Crippen LogP contribution is -2.42. The molecule has 0 aromatic rings. The maximum absolute atomic E-state index is 12.5. The highest BCUT2D eigenvalue weighted by atomic mass is 79.9.